The molecule has 1 fully saturated rings. The summed E-state index contributed by atoms with van der Waals surface area (Å²) in [5.41, 5.74) is 2.90. The Hall–Kier alpha value is -2.51. The predicted molar refractivity (Wildman–Crippen MR) is 109 cm³/mol. The fourth-order valence-corrected chi connectivity index (χ4v) is 4.35. The Bertz CT molecular complexity index is 927. The summed E-state index contributed by atoms with van der Waals surface area (Å²) in [5, 5.41) is 7.08. The molecule has 1 aliphatic heterocycles. The molecule has 27 heavy (non-hydrogen) atoms. The van der Waals surface area contributed by atoms with E-state index >= 15 is 0 Å². The van der Waals surface area contributed by atoms with Gasteiger partial charge >= 0.3 is 6.03 Å². The van der Waals surface area contributed by atoms with Gasteiger partial charge in [0.2, 0.25) is 0 Å². The molecule has 1 aromatic carbocycles. The molecular weight excluding hydrogens is 358 g/mol. The van der Waals surface area contributed by atoms with E-state index in [9.17, 15) is 4.79 Å². The number of likely N-dealkylation sites (tertiary alicyclic amines) is 1. The van der Waals surface area contributed by atoms with E-state index in [1.165, 1.54) is 5.56 Å². The van der Waals surface area contributed by atoms with Gasteiger partial charge in [0.15, 0.2) is 0 Å². The van der Waals surface area contributed by atoms with Gasteiger partial charge in [0.1, 0.15) is 0 Å². The van der Waals surface area contributed by atoms with Gasteiger partial charge in [-0.25, -0.2) is 9.78 Å². The Kier molecular flexibility index (Phi) is 5.31. The summed E-state index contributed by atoms with van der Waals surface area (Å²) in [4.78, 5) is 23.4. The van der Waals surface area contributed by atoms with E-state index in [-0.39, 0.29) is 12.1 Å². The maximum Gasteiger partial charge on any atom is 0.319 e. The van der Waals surface area contributed by atoms with E-state index in [1.807, 2.05) is 37.4 Å². The fourth-order valence-electron chi connectivity index (χ4n) is 3.54. The number of hydrogen-bond donors (Lipinski definition) is 2. The summed E-state index contributed by atoms with van der Waals surface area (Å²) < 4.78 is 1.14. The number of benzene rings is 1. The van der Waals surface area contributed by atoms with Crippen molar-refractivity contribution in [3.05, 3.63) is 53.3 Å². The average Bonchev–Trinajstić information content (AvgIpc) is 3.02. The number of thiazole rings is 1. The van der Waals surface area contributed by atoms with Crippen LogP contribution in [0.4, 0.5) is 10.5 Å². The van der Waals surface area contributed by atoms with E-state index in [4.69, 9.17) is 0 Å². The van der Waals surface area contributed by atoms with E-state index in [0.29, 0.717) is 0 Å². The highest BCUT2D eigenvalue weighted by Crippen LogP contribution is 2.24. The van der Waals surface area contributed by atoms with Crippen LogP contribution in [-0.2, 0) is 6.54 Å². The van der Waals surface area contributed by atoms with E-state index in [1.54, 1.807) is 17.5 Å². The van der Waals surface area contributed by atoms with Crippen molar-refractivity contribution in [3.8, 4) is 0 Å². The Morgan fingerprint density at radius 3 is 3.15 bits per heavy atom. The van der Waals surface area contributed by atoms with Crippen LogP contribution >= 0.6 is 11.3 Å². The summed E-state index contributed by atoms with van der Waals surface area (Å²) in [5.74, 6) is 0. The summed E-state index contributed by atoms with van der Waals surface area (Å²) in [7, 11) is 0. The molecule has 2 aromatic heterocycles. The van der Waals surface area contributed by atoms with Crippen molar-refractivity contribution in [3.63, 3.8) is 0 Å². The van der Waals surface area contributed by atoms with E-state index < -0.39 is 0 Å². The van der Waals surface area contributed by atoms with Gasteiger partial charge in [-0.1, -0.05) is 6.07 Å². The molecule has 2 N–H and O–H groups in total. The number of fused-ring (bicyclic) bond motifs is 1. The summed E-state index contributed by atoms with van der Waals surface area (Å²) in [6.07, 6.45) is 5.77. The van der Waals surface area contributed by atoms with Crippen LogP contribution in [0.25, 0.3) is 10.2 Å². The third kappa shape index (κ3) is 4.61. The minimum Gasteiger partial charge on any atom is -0.334 e. The number of aryl methyl sites for hydroxylation is 1. The number of carbonyl (C=O) groups excluding carboxylic acids is 1. The van der Waals surface area contributed by atoms with Gasteiger partial charge < -0.3 is 10.6 Å². The molecule has 140 valence electrons. The van der Waals surface area contributed by atoms with Crippen molar-refractivity contribution in [2.75, 3.05) is 18.4 Å². The topological polar surface area (TPSA) is 70.2 Å². The SMILES string of the molecule is Cc1nc2cc(NC(=O)N[C@@H]3CCCN(Cc4cccnc4)C3)ccc2s1. The number of amides is 2. The second-order valence-corrected chi connectivity index (χ2v) is 8.18. The van der Waals surface area contributed by atoms with Crippen molar-refractivity contribution in [2.24, 2.45) is 0 Å². The summed E-state index contributed by atoms with van der Waals surface area (Å²) >= 11 is 1.66. The number of anilines is 1. The largest absolute Gasteiger partial charge is 0.334 e. The zero-order chi connectivity index (χ0) is 18.6. The minimum atomic E-state index is -0.158. The van der Waals surface area contributed by atoms with Gasteiger partial charge in [0.05, 0.1) is 15.2 Å². The van der Waals surface area contributed by atoms with Crippen molar-refractivity contribution in [2.45, 2.75) is 32.4 Å². The fraction of sp³-hybridized carbons (Fsp3) is 0.350. The standard InChI is InChI=1S/C20H23N5OS/c1-14-22-18-10-16(6-7-19(18)27-14)23-20(26)24-17-5-3-9-25(13-17)12-15-4-2-8-21-11-15/h2,4,6-8,10-11,17H,3,5,9,12-13H2,1H3,(H2,23,24,26)/t17-/m1/s1. The second kappa shape index (κ2) is 8.02. The molecule has 0 bridgehead atoms. The van der Waals surface area contributed by atoms with Gasteiger partial charge in [-0.2, -0.15) is 0 Å². The molecule has 0 saturated carbocycles. The lowest BCUT2D eigenvalue weighted by Gasteiger charge is -2.33. The lowest BCUT2D eigenvalue weighted by molar-refractivity contribution is 0.183. The maximum atomic E-state index is 12.4. The molecule has 3 heterocycles. The molecule has 7 heteroatoms. The molecule has 1 atom stereocenters. The number of hydrogen-bond acceptors (Lipinski definition) is 5. The molecular formula is C20H23N5OS. The van der Waals surface area contributed by atoms with Crippen LogP contribution in [0.1, 0.15) is 23.4 Å². The van der Waals surface area contributed by atoms with Gasteiger partial charge in [0, 0.05) is 37.2 Å². The third-order valence-corrected chi connectivity index (χ3v) is 5.67. The summed E-state index contributed by atoms with van der Waals surface area (Å²) in [6, 6.07) is 9.90. The smallest absolute Gasteiger partial charge is 0.319 e. The molecule has 1 saturated heterocycles. The number of aromatic nitrogens is 2. The van der Waals surface area contributed by atoms with E-state index in [0.717, 1.165) is 53.4 Å². The van der Waals surface area contributed by atoms with Crippen molar-refractivity contribution in [1.29, 1.82) is 0 Å². The van der Waals surface area contributed by atoms with Crippen LogP contribution in [0.5, 0.6) is 0 Å². The number of nitrogens with zero attached hydrogens (tertiary/aromatic N) is 3. The highest BCUT2D eigenvalue weighted by Gasteiger charge is 2.21. The molecule has 2 amide bonds. The van der Waals surface area contributed by atoms with Crippen LogP contribution in [0.3, 0.4) is 0 Å². The van der Waals surface area contributed by atoms with Crippen LogP contribution in [0, 0.1) is 6.92 Å². The van der Waals surface area contributed by atoms with Gasteiger partial charge in [-0.15, -0.1) is 11.3 Å². The molecule has 0 unspecified atom stereocenters. The Balaban J connectivity index is 1.32. The predicted octanol–water partition coefficient (Wildman–Crippen LogP) is 3.79. The number of urea groups is 1. The zero-order valence-corrected chi connectivity index (χ0v) is 16.1. The van der Waals surface area contributed by atoms with Crippen LogP contribution in [-0.4, -0.2) is 40.0 Å². The van der Waals surface area contributed by atoms with Crippen molar-refractivity contribution < 1.29 is 4.79 Å². The normalized spacial score (nSPS) is 17.7. The van der Waals surface area contributed by atoms with Crippen LogP contribution < -0.4 is 10.6 Å². The molecule has 3 aromatic rings. The molecule has 6 nitrogen and oxygen atoms in total. The highest BCUT2D eigenvalue weighted by molar-refractivity contribution is 7.18. The number of pyridine rings is 1. The monoisotopic (exact) mass is 381 g/mol. The zero-order valence-electron chi connectivity index (χ0n) is 15.3. The van der Waals surface area contributed by atoms with Crippen LogP contribution in [0.2, 0.25) is 0 Å². The Labute approximate surface area is 162 Å². The Morgan fingerprint density at radius 1 is 1.37 bits per heavy atom. The molecule has 0 spiro atoms. The van der Waals surface area contributed by atoms with Crippen LogP contribution in [0.15, 0.2) is 42.7 Å². The quantitative estimate of drug-likeness (QED) is 0.721. The molecule has 1 aliphatic rings. The lowest BCUT2D eigenvalue weighted by Crippen LogP contribution is -2.48. The lowest BCUT2D eigenvalue weighted by atomic mass is 10.1. The van der Waals surface area contributed by atoms with Crippen molar-refractivity contribution in [1.82, 2.24) is 20.2 Å². The first-order valence-electron chi connectivity index (χ1n) is 9.22. The number of rotatable bonds is 4. The Morgan fingerprint density at radius 2 is 2.30 bits per heavy atom. The molecule has 0 aliphatic carbocycles. The van der Waals surface area contributed by atoms with Gasteiger partial charge in [0.25, 0.3) is 0 Å². The van der Waals surface area contributed by atoms with Gasteiger partial charge in [-0.05, 0) is 56.1 Å². The minimum absolute atomic E-state index is 0.153. The second-order valence-electron chi connectivity index (χ2n) is 6.95. The first-order chi connectivity index (χ1) is 13.2. The van der Waals surface area contributed by atoms with Gasteiger partial charge in [-0.3, -0.25) is 9.88 Å². The first-order valence-corrected chi connectivity index (χ1v) is 10.0. The first kappa shape index (κ1) is 17.9. The molecule has 4 rings (SSSR count). The maximum absolute atomic E-state index is 12.4. The average molecular weight is 382 g/mol. The number of nitrogens with one attached hydrogen (secondary N) is 2. The molecule has 0 radical (unpaired) electrons. The number of carbonyl (C=O) groups is 1. The van der Waals surface area contributed by atoms with E-state index in [2.05, 4.69) is 31.6 Å². The summed E-state index contributed by atoms with van der Waals surface area (Å²) in [6.45, 7) is 4.76. The van der Waals surface area contributed by atoms with Crippen molar-refractivity contribution >= 4 is 33.3 Å². The third-order valence-electron chi connectivity index (χ3n) is 4.72. The number of piperidine rings is 1. The highest BCUT2D eigenvalue weighted by atomic mass is 32.1.